The molecule has 0 amide bonds. The summed E-state index contributed by atoms with van der Waals surface area (Å²) in [5, 5.41) is 3.22. The number of thiazole rings is 1. The van der Waals surface area contributed by atoms with Crippen LogP contribution < -0.4 is 11.3 Å². The van der Waals surface area contributed by atoms with Crippen molar-refractivity contribution in [3.8, 4) is 0 Å². The molecular formula is C15H22N4S. The molecule has 0 aliphatic carbocycles. The van der Waals surface area contributed by atoms with Crippen molar-refractivity contribution >= 4 is 11.3 Å². The van der Waals surface area contributed by atoms with Gasteiger partial charge in [-0.15, -0.1) is 11.3 Å². The van der Waals surface area contributed by atoms with Crippen LogP contribution in [0.25, 0.3) is 0 Å². The lowest BCUT2D eigenvalue weighted by Crippen LogP contribution is -2.30. The zero-order chi connectivity index (χ0) is 14.8. The van der Waals surface area contributed by atoms with Gasteiger partial charge < -0.3 is 0 Å². The number of nitrogens with two attached hydrogens (primary N) is 1. The van der Waals surface area contributed by atoms with Crippen LogP contribution in [0.1, 0.15) is 48.8 Å². The summed E-state index contributed by atoms with van der Waals surface area (Å²) in [5.41, 5.74) is 6.20. The molecule has 2 aromatic rings. The predicted molar refractivity (Wildman–Crippen MR) is 83.6 cm³/mol. The second-order valence-electron chi connectivity index (χ2n) is 6.06. The lowest BCUT2D eigenvalue weighted by molar-refractivity contribution is 0.530. The van der Waals surface area contributed by atoms with E-state index in [-0.39, 0.29) is 11.5 Å². The number of aryl methyl sites for hydroxylation is 1. The van der Waals surface area contributed by atoms with Gasteiger partial charge in [0.15, 0.2) is 0 Å². The van der Waals surface area contributed by atoms with Crippen LogP contribution in [-0.4, -0.2) is 9.97 Å². The van der Waals surface area contributed by atoms with Gasteiger partial charge in [0, 0.05) is 23.4 Å². The molecule has 1 unspecified atom stereocenters. The minimum Gasteiger partial charge on any atom is -0.271 e. The molecule has 4 nitrogen and oxygen atoms in total. The Bertz CT molecular complexity index is 571. The van der Waals surface area contributed by atoms with E-state index in [1.807, 2.05) is 12.3 Å². The molecule has 20 heavy (non-hydrogen) atoms. The third-order valence-corrected chi connectivity index (χ3v) is 4.06. The number of nitrogens with one attached hydrogen (secondary N) is 1. The van der Waals surface area contributed by atoms with Gasteiger partial charge in [0.1, 0.15) is 0 Å². The van der Waals surface area contributed by atoms with E-state index in [4.69, 9.17) is 10.8 Å². The SMILES string of the molecule is Cc1ccnc(C(Cc2nc(C(C)(C)C)cs2)NN)c1. The monoisotopic (exact) mass is 290 g/mol. The normalized spacial score (nSPS) is 13.4. The van der Waals surface area contributed by atoms with Gasteiger partial charge in [-0.2, -0.15) is 0 Å². The van der Waals surface area contributed by atoms with Crippen LogP contribution in [-0.2, 0) is 11.8 Å². The van der Waals surface area contributed by atoms with Crippen molar-refractivity contribution in [2.24, 2.45) is 5.84 Å². The number of pyridine rings is 1. The molecule has 0 saturated heterocycles. The molecule has 0 bridgehead atoms. The minimum absolute atomic E-state index is 0.00568. The van der Waals surface area contributed by atoms with Crippen LogP contribution >= 0.6 is 11.3 Å². The summed E-state index contributed by atoms with van der Waals surface area (Å²) in [5.74, 6) is 5.68. The van der Waals surface area contributed by atoms with Crippen molar-refractivity contribution in [3.63, 3.8) is 0 Å². The molecule has 0 saturated carbocycles. The number of hydrogen-bond donors (Lipinski definition) is 2. The summed E-state index contributed by atoms with van der Waals surface area (Å²) in [6.07, 6.45) is 2.57. The zero-order valence-electron chi connectivity index (χ0n) is 12.5. The van der Waals surface area contributed by atoms with Crippen molar-refractivity contribution in [1.29, 1.82) is 0 Å². The first-order valence-corrected chi connectivity index (χ1v) is 7.61. The Morgan fingerprint density at radius 3 is 2.70 bits per heavy atom. The molecule has 0 aromatic carbocycles. The van der Waals surface area contributed by atoms with E-state index >= 15 is 0 Å². The number of rotatable bonds is 4. The predicted octanol–water partition coefficient (Wildman–Crippen LogP) is 2.89. The third kappa shape index (κ3) is 3.62. The van der Waals surface area contributed by atoms with Gasteiger partial charge in [-0.3, -0.25) is 16.3 Å². The van der Waals surface area contributed by atoms with Gasteiger partial charge in [-0.1, -0.05) is 20.8 Å². The summed E-state index contributed by atoms with van der Waals surface area (Å²) < 4.78 is 0. The zero-order valence-corrected chi connectivity index (χ0v) is 13.3. The summed E-state index contributed by atoms with van der Waals surface area (Å²) in [4.78, 5) is 9.11. The third-order valence-electron chi connectivity index (χ3n) is 3.19. The Kier molecular flexibility index (Phi) is 4.52. The summed E-state index contributed by atoms with van der Waals surface area (Å²) >= 11 is 1.68. The molecule has 108 valence electrons. The highest BCUT2D eigenvalue weighted by Gasteiger charge is 2.19. The van der Waals surface area contributed by atoms with Crippen LogP contribution in [0.2, 0.25) is 0 Å². The molecule has 1 atom stereocenters. The molecular weight excluding hydrogens is 268 g/mol. The van der Waals surface area contributed by atoms with Crippen LogP contribution in [0.5, 0.6) is 0 Å². The van der Waals surface area contributed by atoms with E-state index in [2.05, 4.69) is 49.6 Å². The maximum atomic E-state index is 5.68. The summed E-state index contributed by atoms with van der Waals surface area (Å²) in [6.45, 7) is 8.58. The van der Waals surface area contributed by atoms with E-state index in [1.165, 1.54) is 5.56 Å². The first-order valence-electron chi connectivity index (χ1n) is 6.73. The second-order valence-corrected chi connectivity index (χ2v) is 7.00. The highest BCUT2D eigenvalue weighted by Crippen LogP contribution is 2.26. The largest absolute Gasteiger partial charge is 0.271 e. The molecule has 2 aromatic heterocycles. The average Bonchev–Trinajstić information content (AvgIpc) is 2.84. The summed E-state index contributed by atoms with van der Waals surface area (Å²) in [7, 11) is 0. The lowest BCUT2D eigenvalue weighted by Gasteiger charge is -2.16. The topological polar surface area (TPSA) is 63.8 Å². The standard InChI is InChI=1S/C15H22N4S/c1-10-5-6-17-11(7-10)12(19-16)8-14-18-13(9-20-14)15(2,3)4/h5-7,9,12,19H,8,16H2,1-4H3. The van der Waals surface area contributed by atoms with E-state index < -0.39 is 0 Å². The van der Waals surface area contributed by atoms with Crippen molar-refractivity contribution in [2.45, 2.75) is 45.6 Å². The fourth-order valence-electron chi connectivity index (χ4n) is 1.92. The molecule has 3 N–H and O–H groups in total. The second kappa shape index (κ2) is 5.99. The van der Waals surface area contributed by atoms with Crippen LogP contribution in [0, 0.1) is 6.92 Å². The van der Waals surface area contributed by atoms with Crippen LogP contribution in [0.15, 0.2) is 23.7 Å². The van der Waals surface area contributed by atoms with Gasteiger partial charge in [0.05, 0.1) is 22.4 Å². The Morgan fingerprint density at radius 1 is 1.40 bits per heavy atom. The molecule has 5 heteroatoms. The number of aromatic nitrogens is 2. The Labute approximate surface area is 124 Å². The molecule has 0 spiro atoms. The van der Waals surface area contributed by atoms with E-state index in [0.29, 0.717) is 0 Å². The van der Waals surface area contributed by atoms with Gasteiger partial charge in [0.25, 0.3) is 0 Å². The summed E-state index contributed by atoms with van der Waals surface area (Å²) in [6, 6.07) is 4.04. The maximum Gasteiger partial charge on any atom is 0.0948 e. The fraction of sp³-hybridized carbons (Fsp3) is 0.467. The van der Waals surface area contributed by atoms with Gasteiger partial charge in [-0.25, -0.2) is 4.98 Å². The van der Waals surface area contributed by atoms with Gasteiger partial charge in [0.2, 0.25) is 0 Å². The first kappa shape index (κ1) is 15.1. The highest BCUT2D eigenvalue weighted by atomic mass is 32.1. The van der Waals surface area contributed by atoms with E-state index in [1.54, 1.807) is 11.3 Å². The molecule has 0 fully saturated rings. The lowest BCUT2D eigenvalue weighted by atomic mass is 9.93. The smallest absolute Gasteiger partial charge is 0.0948 e. The van der Waals surface area contributed by atoms with E-state index in [9.17, 15) is 0 Å². The average molecular weight is 290 g/mol. The number of nitrogens with zero attached hydrogens (tertiary/aromatic N) is 2. The molecule has 0 aliphatic rings. The van der Waals surface area contributed by atoms with Crippen LogP contribution in [0.3, 0.4) is 0 Å². The minimum atomic E-state index is -0.00568. The van der Waals surface area contributed by atoms with Crippen molar-refractivity contribution in [1.82, 2.24) is 15.4 Å². The maximum absolute atomic E-state index is 5.68. The quantitative estimate of drug-likeness (QED) is 0.671. The van der Waals surface area contributed by atoms with Gasteiger partial charge in [-0.05, 0) is 24.6 Å². The van der Waals surface area contributed by atoms with E-state index in [0.717, 1.165) is 22.8 Å². The van der Waals surface area contributed by atoms with Gasteiger partial charge >= 0.3 is 0 Å². The fourth-order valence-corrected chi connectivity index (χ4v) is 2.99. The molecule has 2 rings (SSSR count). The molecule has 0 radical (unpaired) electrons. The molecule has 2 heterocycles. The van der Waals surface area contributed by atoms with Crippen LogP contribution in [0.4, 0.5) is 0 Å². The van der Waals surface area contributed by atoms with Crippen molar-refractivity contribution in [2.75, 3.05) is 0 Å². The first-order chi connectivity index (χ1) is 9.40. The highest BCUT2D eigenvalue weighted by molar-refractivity contribution is 7.09. The Balaban J connectivity index is 2.16. The number of hydrogen-bond acceptors (Lipinski definition) is 5. The Hall–Kier alpha value is -1.30. The van der Waals surface area contributed by atoms with Crippen molar-refractivity contribution in [3.05, 3.63) is 45.7 Å². The number of hydrazine groups is 1. The molecule has 0 aliphatic heterocycles. The Morgan fingerprint density at radius 2 is 2.15 bits per heavy atom. The van der Waals surface area contributed by atoms with Crippen molar-refractivity contribution < 1.29 is 0 Å².